The maximum atomic E-state index is 12.2. The molecule has 2 rings (SSSR count). The van der Waals surface area contributed by atoms with Crippen molar-refractivity contribution in [1.29, 1.82) is 0 Å². The molecule has 6 heteroatoms. The Labute approximate surface area is 130 Å². The van der Waals surface area contributed by atoms with Crippen LogP contribution in [0.5, 0.6) is 5.88 Å². The minimum atomic E-state index is -0.918. The van der Waals surface area contributed by atoms with Crippen molar-refractivity contribution in [3.05, 3.63) is 23.9 Å². The molecule has 1 saturated carbocycles. The Hall–Kier alpha value is -2.11. The number of rotatable bonds is 6. The molecule has 1 aliphatic carbocycles. The quantitative estimate of drug-likeness (QED) is 0.871. The molecule has 22 heavy (non-hydrogen) atoms. The first-order chi connectivity index (χ1) is 10.5. The topological polar surface area (TPSA) is 79.7 Å². The van der Waals surface area contributed by atoms with Crippen molar-refractivity contribution in [3.8, 4) is 5.88 Å². The third-order valence-electron chi connectivity index (χ3n) is 3.89. The number of aromatic nitrogens is 1. The number of pyridine rings is 1. The summed E-state index contributed by atoms with van der Waals surface area (Å²) in [5.41, 5.74) is 0.430. The van der Waals surface area contributed by atoms with Gasteiger partial charge >= 0.3 is 5.97 Å². The van der Waals surface area contributed by atoms with E-state index < -0.39 is 11.9 Å². The van der Waals surface area contributed by atoms with Gasteiger partial charge in [-0.25, -0.2) is 4.98 Å². The van der Waals surface area contributed by atoms with Crippen LogP contribution in [0.25, 0.3) is 0 Å². The van der Waals surface area contributed by atoms with Gasteiger partial charge in [0.2, 0.25) is 5.88 Å². The van der Waals surface area contributed by atoms with Crippen LogP contribution in [-0.4, -0.2) is 46.6 Å². The highest BCUT2D eigenvalue weighted by Crippen LogP contribution is 2.23. The molecule has 0 aromatic carbocycles. The zero-order valence-electron chi connectivity index (χ0n) is 13.0. The number of ether oxygens (including phenoxy) is 1. The molecular weight excluding hydrogens is 284 g/mol. The van der Waals surface area contributed by atoms with Crippen LogP contribution < -0.4 is 4.74 Å². The highest BCUT2D eigenvalue weighted by Gasteiger charge is 2.20. The van der Waals surface area contributed by atoms with Crippen LogP contribution in [-0.2, 0) is 4.79 Å². The first-order valence-electron chi connectivity index (χ1n) is 7.58. The van der Waals surface area contributed by atoms with Gasteiger partial charge in [-0.1, -0.05) is 6.92 Å². The molecule has 1 atom stereocenters. The lowest BCUT2D eigenvalue weighted by Gasteiger charge is -2.19. The minimum absolute atomic E-state index is 0.161. The molecule has 1 unspecified atom stereocenters. The van der Waals surface area contributed by atoms with Crippen LogP contribution in [0.4, 0.5) is 0 Å². The maximum absolute atomic E-state index is 12.2. The van der Waals surface area contributed by atoms with E-state index in [1.165, 1.54) is 23.9 Å². The van der Waals surface area contributed by atoms with Gasteiger partial charge in [-0.15, -0.1) is 0 Å². The molecule has 0 aliphatic heterocycles. The Morgan fingerprint density at radius 3 is 2.64 bits per heavy atom. The molecule has 1 heterocycles. The molecule has 120 valence electrons. The van der Waals surface area contributed by atoms with Crippen molar-refractivity contribution in [3.63, 3.8) is 0 Å². The predicted molar refractivity (Wildman–Crippen MR) is 80.9 cm³/mol. The molecule has 1 aromatic heterocycles. The van der Waals surface area contributed by atoms with E-state index >= 15 is 0 Å². The van der Waals surface area contributed by atoms with Gasteiger partial charge in [0, 0.05) is 25.9 Å². The standard InChI is InChI=1S/C16H22N2O4/c1-11(16(20)21)10-18(2)15(19)12-7-8-14(17-9-12)22-13-5-3-4-6-13/h7-9,11,13H,3-6,10H2,1-2H3,(H,20,21). The predicted octanol–water partition coefficient (Wildman–Crippen LogP) is 2.20. The van der Waals surface area contributed by atoms with Gasteiger partial charge in [0.05, 0.1) is 11.5 Å². The number of nitrogens with zero attached hydrogens (tertiary/aromatic N) is 2. The molecule has 1 aliphatic rings. The number of carbonyl (C=O) groups excluding carboxylic acids is 1. The van der Waals surface area contributed by atoms with E-state index in [2.05, 4.69) is 4.98 Å². The molecule has 0 saturated heterocycles. The van der Waals surface area contributed by atoms with Crippen molar-refractivity contribution in [2.45, 2.75) is 38.7 Å². The van der Waals surface area contributed by atoms with Gasteiger partial charge in [-0.2, -0.15) is 0 Å². The van der Waals surface area contributed by atoms with Crippen molar-refractivity contribution in [2.24, 2.45) is 5.92 Å². The second-order valence-electron chi connectivity index (χ2n) is 5.83. The van der Waals surface area contributed by atoms with Crippen molar-refractivity contribution >= 4 is 11.9 Å². The highest BCUT2D eigenvalue weighted by atomic mass is 16.5. The van der Waals surface area contributed by atoms with E-state index in [4.69, 9.17) is 9.84 Å². The Balaban J connectivity index is 1.93. The van der Waals surface area contributed by atoms with Gasteiger partial charge < -0.3 is 14.7 Å². The number of hydrogen-bond acceptors (Lipinski definition) is 4. The van der Waals surface area contributed by atoms with Crippen molar-refractivity contribution in [1.82, 2.24) is 9.88 Å². The zero-order chi connectivity index (χ0) is 16.1. The summed E-state index contributed by atoms with van der Waals surface area (Å²) in [6.45, 7) is 1.73. The summed E-state index contributed by atoms with van der Waals surface area (Å²) in [7, 11) is 1.59. The molecule has 1 N–H and O–H groups in total. The first kappa shape index (κ1) is 16.3. The first-order valence-corrected chi connectivity index (χ1v) is 7.58. The SMILES string of the molecule is CC(CN(C)C(=O)c1ccc(OC2CCCC2)nc1)C(=O)O. The van der Waals surface area contributed by atoms with E-state index in [1.54, 1.807) is 26.1 Å². The molecule has 0 bridgehead atoms. The number of hydrogen-bond donors (Lipinski definition) is 1. The van der Waals surface area contributed by atoms with Crippen LogP contribution in [0.3, 0.4) is 0 Å². The normalized spacial score (nSPS) is 16.3. The van der Waals surface area contributed by atoms with Crippen LogP contribution in [0, 0.1) is 5.92 Å². The lowest BCUT2D eigenvalue weighted by molar-refractivity contribution is -0.141. The van der Waals surface area contributed by atoms with Crippen LogP contribution in [0.2, 0.25) is 0 Å². The molecule has 1 amide bonds. The zero-order valence-corrected chi connectivity index (χ0v) is 13.0. The fourth-order valence-electron chi connectivity index (χ4n) is 2.55. The van der Waals surface area contributed by atoms with Gasteiger partial charge in [-0.05, 0) is 31.7 Å². The van der Waals surface area contributed by atoms with E-state index in [0.29, 0.717) is 11.4 Å². The van der Waals surface area contributed by atoms with Crippen molar-refractivity contribution < 1.29 is 19.4 Å². The smallest absolute Gasteiger partial charge is 0.308 e. The summed E-state index contributed by atoms with van der Waals surface area (Å²) in [5, 5.41) is 8.89. The van der Waals surface area contributed by atoms with Crippen LogP contribution in [0.1, 0.15) is 43.0 Å². The van der Waals surface area contributed by atoms with Gasteiger partial charge in [0.25, 0.3) is 5.91 Å². The third-order valence-corrected chi connectivity index (χ3v) is 3.89. The fourth-order valence-corrected chi connectivity index (χ4v) is 2.55. The highest BCUT2D eigenvalue weighted by molar-refractivity contribution is 5.94. The number of carboxylic acid groups (broad SMARTS) is 1. The Morgan fingerprint density at radius 2 is 2.09 bits per heavy atom. The van der Waals surface area contributed by atoms with Gasteiger partial charge in [0.15, 0.2) is 0 Å². The fraction of sp³-hybridized carbons (Fsp3) is 0.562. The number of amides is 1. The summed E-state index contributed by atoms with van der Waals surface area (Å²) in [6, 6.07) is 3.36. The van der Waals surface area contributed by atoms with Crippen LogP contribution in [0.15, 0.2) is 18.3 Å². The monoisotopic (exact) mass is 306 g/mol. The van der Waals surface area contributed by atoms with E-state index in [9.17, 15) is 9.59 Å². The minimum Gasteiger partial charge on any atom is -0.481 e. The Kier molecular flexibility index (Phi) is 5.35. The lowest BCUT2D eigenvalue weighted by atomic mass is 10.1. The van der Waals surface area contributed by atoms with E-state index in [1.807, 2.05) is 0 Å². The average molecular weight is 306 g/mol. The Morgan fingerprint density at radius 1 is 1.41 bits per heavy atom. The van der Waals surface area contributed by atoms with Gasteiger partial charge in [0.1, 0.15) is 6.10 Å². The maximum Gasteiger partial charge on any atom is 0.308 e. The van der Waals surface area contributed by atoms with Gasteiger partial charge in [-0.3, -0.25) is 9.59 Å². The summed E-state index contributed by atoms with van der Waals surface area (Å²) in [5.74, 6) is -1.23. The second kappa shape index (κ2) is 7.24. The number of carboxylic acids is 1. The molecule has 0 radical (unpaired) electrons. The molecule has 0 spiro atoms. The van der Waals surface area contributed by atoms with E-state index in [0.717, 1.165) is 12.8 Å². The summed E-state index contributed by atoms with van der Waals surface area (Å²) in [6.07, 6.45) is 6.19. The second-order valence-corrected chi connectivity index (χ2v) is 5.83. The van der Waals surface area contributed by atoms with Crippen molar-refractivity contribution in [2.75, 3.05) is 13.6 Å². The summed E-state index contributed by atoms with van der Waals surface area (Å²) in [4.78, 5) is 28.6. The molecule has 1 aromatic rings. The molecular formula is C16H22N2O4. The Bertz CT molecular complexity index is 523. The largest absolute Gasteiger partial charge is 0.481 e. The molecule has 6 nitrogen and oxygen atoms in total. The third kappa shape index (κ3) is 4.19. The molecule has 1 fully saturated rings. The summed E-state index contributed by atoms with van der Waals surface area (Å²) < 4.78 is 5.75. The average Bonchev–Trinajstić information content (AvgIpc) is 3.00. The van der Waals surface area contributed by atoms with Crippen LogP contribution >= 0.6 is 0 Å². The summed E-state index contributed by atoms with van der Waals surface area (Å²) >= 11 is 0. The number of carbonyl (C=O) groups is 2. The lowest BCUT2D eigenvalue weighted by Crippen LogP contribution is -2.33. The number of aliphatic carboxylic acids is 1. The van der Waals surface area contributed by atoms with E-state index in [-0.39, 0.29) is 18.6 Å².